The van der Waals surface area contributed by atoms with Crippen LogP contribution in [-0.2, 0) is 9.05 Å². The van der Waals surface area contributed by atoms with Crippen molar-refractivity contribution in [3.05, 3.63) is 17.9 Å². The van der Waals surface area contributed by atoms with Crippen molar-refractivity contribution in [2.24, 2.45) is 0 Å². The first-order valence-corrected chi connectivity index (χ1v) is 6.83. The smallest absolute Gasteiger partial charge is 0.261 e. The van der Waals surface area contributed by atoms with Crippen molar-refractivity contribution in [3.63, 3.8) is 0 Å². The first kappa shape index (κ1) is 11.5. The number of halogens is 2. The van der Waals surface area contributed by atoms with Gasteiger partial charge >= 0.3 is 0 Å². The number of hydrogen-bond acceptors (Lipinski definition) is 4. The highest BCUT2D eigenvalue weighted by molar-refractivity contribution is 8.13. The molecule has 0 fully saturated rings. The maximum Gasteiger partial charge on any atom is 0.261 e. The average Bonchev–Trinajstić information content (AvgIpc) is 2.41. The molecule has 4 nitrogen and oxygen atoms in total. The predicted octanol–water partition coefficient (Wildman–Crippen LogP) is 1.91. The summed E-state index contributed by atoms with van der Waals surface area (Å²) in [5.74, 6) is -0.795. The molecule has 0 saturated carbocycles. The van der Waals surface area contributed by atoms with Crippen LogP contribution in [0.1, 0.15) is 6.42 Å². The summed E-state index contributed by atoms with van der Waals surface area (Å²) in [6.07, 6.45) is 0.608. The normalized spacial score (nSPS) is 15.6. The highest BCUT2D eigenvalue weighted by Gasteiger charge is 2.21. The van der Waals surface area contributed by atoms with Crippen molar-refractivity contribution >= 4 is 19.7 Å². The predicted molar refractivity (Wildman–Crippen MR) is 55.0 cm³/mol. The van der Waals surface area contributed by atoms with Crippen LogP contribution < -0.4 is 9.47 Å². The van der Waals surface area contributed by atoms with E-state index in [9.17, 15) is 12.8 Å². The molecule has 1 heterocycles. The summed E-state index contributed by atoms with van der Waals surface area (Å²) in [6, 6.07) is 1.97. The van der Waals surface area contributed by atoms with Gasteiger partial charge in [0.2, 0.25) is 0 Å². The first-order valence-electron chi connectivity index (χ1n) is 4.52. The van der Waals surface area contributed by atoms with Crippen LogP contribution in [0.4, 0.5) is 4.39 Å². The van der Waals surface area contributed by atoms with Crippen LogP contribution in [0.2, 0.25) is 0 Å². The molecule has 0 saturated heterocycles. The van der Waals surface area contributed by atoms with E-state index in [4.69, 9.17) is 20.2 Å². The third-order valence-electron chi connectivity index (χ3n) is 2.06. The van der Waals surface area contributed by atoms with Gasteiger partial charge in [-0.3, -0.25) is 0 Å². The summed E-state index contributed by atoms with van der Waals surface area (Å²) in [5.41, 5.74) is 0. The van der Waals surface area contributed by atoms with Gasteiger partial charge in [0.05, 0.1) is 18.1 Å². The molecule has 0 aliphatic carbocycles. The zero-order valence-electron chi connectivity index (χ0n) is 8.07. The van der Waals surface area contributed by atoms with Gasteiger partial charge in [-0.25, -0.2) is 12.8 Å². The molecule has 1 aromatic rings. The largest absolute Gasteiger partial charge is 0.489 e. The molecule has 2 rings (SSSR count). The van der Waals surface area contributed by atoms with Crippen molar-refractivity contribution < 1.29 is 22.3 Å². The minimum Gasteiger partial charge on any atom is -0.489 e. The molecule has 0 atom stereocenters. The third kappa shape index (κ3) is 2.22. The molecule has 16 heavy (non-hydrogen) atoms. The summed E-state index contributed by atoms with van der Waals surface area (Å²) in [4.78, 5) is -0.337. The van der Waals surface area contributed by atoms with Crippen LogP contribution >= 0.6 is 10.7 Å². The van der Waals surface area contributed by atoms with E-state index in [-0.39, 0.29) is 16.4 Å². The van der Waals surface area contributed by atoms with Gasteiger partial charge in [0.15, 0.2) is 17.3 Å². The van der Waals surface area contributed by atoms with Crippen molar-refractivity contribution in [3.8, 4) is 11.5 Å². The van der Waals surface area contributed by atoms with E-state index in [0.717, 1.165) is 12.1 Å². The van der Waals surface area contributed by atoms with Crippen LogP contribution in [0.15, 0.2) is 17.0 Å². The van der Waals surface area contributed by atoms with E-state index in [2.05, 4.69) is 0 Å². The zero-order valence-corrected chi connectivity index (χ0v) is 9.65. The number of ether oxygens (including phenoxy) is 2. The molecule has 0 radical (unpaired) electrons. The van der Waals surface area contributed by atoms with Gasteiger partial charge in [-0.1, -0.05) is 0 Å². The molecule has 0 aromatic heterocycles. The topological polar surface area (TPSA) is 52.6 Å². The van der Waals surface area contributed by atoms with E-state index in [1.165, 1.54) is 0 Å². The van der Waals surface area contributed by atoms with Gasteiger partial charge in [0.1, 0.15) is 0 Å². The third-order valence-corrected chi connectivity index (χ3v) is 3.39. The Bertz CT molecular complexity index is 514. The Balaban J connectivity index is 2.56. The summed E-state index contributed by atoms with van der Waals surface area (Å²) < 4.78 is 45.9. The van der Waals surface area contributed by atoms with E-state index >= 15 is 0 Å². The van der Waals surface area contributed by atoms with Gasteiger partial charge in [-0.15, -0.1) is 0 Å². The SMILES string of the molecule is O=S(=O)(Cl)c1cc(F)c2c(c1)OCCCO2. The van der Waals surface area contributed by atoms with Crippen molar-refractivity contribution in [2.75, 3.05) is 13.2 Å². The summed E-state index contributed by atoms with van der Waals surface area (Å²) >= 11 is 0. The number of benzene rings is 1. The lowest BCUT2D eigenvalue weighted by molar-refractivity contribution is 0.292. The highest BCUT2D eigenvalue weighted by Crippen LogP contribution is 2.35. The molecule has 0 bridgehead atoms. The van der Waals surface area contributed by atoms with Gasteiger partial charge in [-0.2, -0.15) is 0 Å². The lowest BCUT2D eigenvalue weighted by atomic mass is 10.3. The fourth-order valence-corrected chi connectivity index (χ4v) is 2.11. The van der Waals surface area contributed by atoms with E-state index < -0.39 is 14.9 Å². The Morgan fingerprint density at radius 1 is 1.25 bits per heavy atom. The molecule has 1 aromatic carbocycles. The highest BCUT2D eigenvalue weighted by atomic mass is 35.7. The second kappa shape index (κ2) is 4.10. The maximum atomic E-state index is 13.5. The van der Waals surface area contributed by atoms with Gasteiger partial charge < -0.3 is 9.47 Å². The minimum absolute atomic E-state index is 0.0664. The molecular formula is C9H8ClFO4S. The van der Waals surface area contributed by atoms with Crippen LogP contribution in [0.5, 0.6) is 11.5 Å². The van der Waals surface area contributed by atoms with Crippen LogP contribution in [0.25, 0.3) is 0 Å². The summed E-state index contributed by atoms with van der Waals surface area (Å²) in [7, 11) is 1.15. The van der Waals surface area contributed by atoms with Crippen LogP contribution in [-0.4, -0.2) is 21.6 Å². The van der Waals surface area contributed by atoms with Crippen LogP contribution in [0, 0.1) is 5.82 Å². The number of rotatable bonds is 1. The number of fused-ring (bicyclic) bond motifs is 1. The van der Waals surface area contributed by atoms with Crippen molar-refractivity contribution in [1.82, 2.24) is 0 Å². The van der Waals surface area contributed by atoms with Crippen LogP contribution in [0.3, 0.4) is 0 Å². The molecule has 7 heteroatoms. The summed E-state index contributed by atoms with van der Waals surface area (Å²) in [5, 5.41) is 0. The minimum atomic E-state index is -3.97. The van der Waals surface area contributed by atoms with Crippen molar-refractivity contribution in [1.29, 1.82) is 0 Å². The second-order valence-corrected chi connectivity index (χ2v) is 5.79. The Labute approximate surface area is 96.3 Å². The van der Waals surface area contributed by atoms with Gasteiger partial charge in [0.25, 0.3) is 9.05 Å². The maximum absolute atomic E-state index is 13.5. The number of hydrogen-bond donors (Lipinski definition) is 0. The lowest BCUT2D eigenvalue weighted by Crippen LogP contribution is -1.98. The van der Waals surface area contributed by atoms with Gasteiger partial charge in [-0.05, 0) is 6.07 Å². The molecule has 0 amide bonds. The van der Waals surface area contributed by atoms with Crippen molar-refractivity contribution in [2.45, 2.75) is 11.3 Å². The van der Waals surface area contributed by atoms with Gasteiger partial charge in [0, 0.05) is 23.2 Å². The summed E-state index contributed by atoms with van der Waals surface area (Å²) in [6.45, 7) is 0.676. The molecule has 0 spiro atoms. The Hall–Kier alpha value is -1.01. The Kier molecular flexibility index (Phi) is 2.94. The molecule has 1 aliphatic rings. The van der Waals surface area contributed by atoms with E-state index in [0.29, 0.717) is 19.6 Å². The Morgan fingerprint density at radius 2 is 1.94 bits per heavy atom. The fourth-order valence-electron chi connectivity index (χ4n) is 1.35. The molecular weight excluding hydrogens is 259 g/mol. The molecule has 0 N–H and O–H groups in total. The average molecular weight is 267 g/mol. The Morgan fingerprint density at radius 3 is 2.62 bits per heavy atom. The lowest BCUT2D eigenvalue weighted by Gasteiger charge is -2.09. The molecule has 0 unspecified atom stereocenters. The first-order chi connectivity index (χ1) is 7.48. The quantitative estimate of drug-likeness (QED) is 0.729. The standard InChI is InChI=1S/C9H8ClFO4S/c10-16(12,13)6-4-7(11)9-8(5-6)14-2-1-3-15-9/h4-5H,1-3H2. The molecule has 88 valence electrons. The second-order valence-electron chi connectivity index (χ2n) is 3.22. The molecule has 1 aliphatic heterocycles. The monoisotopic (exact) mass is 266 g/mol. The van der Waals surface area contributed by atoms with E-state index in [1.54, 1.807) is 0 Å². The zero-order chi connectivity index (χ0) is 11.8. The fraction of sp³-hybridized carbons (Fsp3) is 0.333. The van der Waals surface area contributed by atoms with E-state index in [1.807, 2.05) is 0 Å².